The Hall–Kier alpha value is -4.04. The van der Waals surface area contributed by atoms with Crippen molar-refractivity contribution in [2.24, 2.45) is 0 Å². The molecule has 5 rings (SSSR count). The van der Waals surface area contributed by atoms with E-state index in [9.17, 15) is 9.90 Å². The Morgan fingerprint density at radius 1 is 1.21 bits per heavy atom. The van der Waals surface area contributed by atoms with Gasteiger partial charge in [-0.1, -0.05) is 5.92 Å². The Morgan fingerprint density at radius 2 is 2.00 bits per heavy atom. The number of benzene rings is 1. The van der Waals surface area contributed by atoms with Gasteiger partial charge in [-0.15, -0.1) is 6.42 Å². The minimum atomic E-state index is -0.973. The number of hydrogen-bond donors (Lipinski definition) is 4. The number of nitrogens with two attached hydrogens (primary N) is 1. The molecule has 10 heteroatoms. The molecule has 0 unspecified atom stereocenters. The van der Waals surface area contributed by atoms with Crippen molar-refractivity contribution >= 4 is 34.9 Å². The maximum absolute atomic E-state index is 12.8. The van der Waals surface area contributed by atoms with Crippen LogP contribution in [0.4, 0.5) is 29.0 Å². The third-order valence-corrected chi connectivity index (χ3v) is 7.39. The number of hydrogen-bond acceptors (Lipinski definition) is 8. The van der Waals surface area contributed by atoms with Crippen LogP contribution in [0.5, 0.6) is 0 Å². The molecule has 1 aromatic carbocycles. The van der Waals surface area contributed by atoms with Crippen LogP contribution in [-0.2, 0) is 12.0 Å². The molecule has 1 aliphatic carbocycles. The average molecular weight is 528 g/mol. The lowest BCUT2D eigenvalue weighted by Gasteiger charge is -2.35. The molecule has 1 atom stereocenters. The third kappa shape index (κ3) is 5.86. The molecule has 0 saturated carbocycles. The predicted octanol–water partition coefficient (Wildman–Crippen LogP) is 1.72. The van der Waals surface area contributed by atoms with Gasteiger partial charge in [0.1, 0.15) is 11.2 Å². The molecular weight excluding hydrogens is 492 g/mol. The first-order valence-corrected chi connectivity index (χ1v) is 13.2. The van der Waals surface area contributed by atoms with Crippen LogP contribution in [0.25, 0.3) is 0 Å². The first-order valence-electron chi connectivity index (χ1n) is 13.2. The number of aryl methyl sites for hydroxylation is 2. The van der Waals surface area contributed by atoms with E-state index in [0.29, 0.717) is 29.7 Å². The number of piperazine rings is 1. The Balaban J connectivity index is 1.40. The lowest BCUT2D eigenvalue weighted by Crippen LogP contribution is -2.73. The third-order valence-electron chi connectivity index (χ3n) is 7.39. The summed E-state index contributed by atoms with van der Waals surface area (Å²) in [5, 5.41) is 18.4. The van der Waals surface area contributed by atoms with Gasteiger partial charge in [-0.05, 0) is 69.1 Å². The number of aliphatic hydroxyl groups is 1. The number of nitrogens with zero attached hydrogens (tertiary/aromatic N) is 5. The van der Waals surface area contributed by atoms with Gasteiger partial charge in [0.15, 0.2) is 0 Å². The van der Waals surface area contributed by atoms with Gasteiger partial charge < -0.3 is 25.5 Å². The van der Waals surface area contributed by atoms with E-state index in [-0.39, 0.29) is 18.0 Å². The molecule has 1 amide bonds. The van der Waals surface area contributed by atoms with Crippen molar-refractivity contribution < 1.29 is 15.2 Å². The van der Waals surface area contributed by atoms with E-state index in [1.165, 1.54) is 11.9 Å². The number of carbonyl (C=O) groups excluding carboxylic acids is 1. The van der Waals surface area contributed by atoms with E-state index < -0.39 is 5.60 Å². The molecule has 5 N–H and O–H groups in total. The molecule has 0 spiro atoms. The summed E-state index contributed by atoms with van der Waals surface area (Å²) in [5.41, 5.74) is 4.25. The van der Waals surface area contributed by atoms with Crippen LogP contribution in [0.1, 0.15) is 40.5 Å². The Bertz CT molecular complexity index is 1420. The highest BCUT2D eigenvalue weighted by Crippen LogP contribution is 2.35. The highest BCUT2D eigenvalue weighted by Gasteiger charge is 2.34. The summed E-state index contributed by atoms with van der Waals surface area (Å²) >= 11 is 0. The number of rotatable bonds is 7. The zero-order valence-electron chi connectivity index (χ0n) is 22.7. The maximum Gasteiger partial charge on any atom is 0.261 e. The zero-order valence-corrected chi connectivity index (χ0v) is 22.7. The van der Waals surface area contributed by atoms with Gasteiger partial charge in [-0.25, -0.2) is 10.3 Å². The summed E-state index contributed by atoms with van der Waals surface area (Å²) in [6.45, 7) is 8.07. The first-order chi connectivity index (χ1) is 18.7. The number of pyridine rings is 1. The lowest BCUT2D eigenvalue weighted by molar-refractivity contribution is -0.487. The fraction of sp³-hybridized carbons (Fsp3) is 0.379. The summed E-state index contributed by atoms with van der Waals surface area (Å²) in [4.78, 5) is 31.3. The van der Waals surface area contributed by atoms with Crippen LogP contribution in [0.15, 0.2) is 36.5 Å². The second-order valence-electron chi connectivity index (χ2n) is 10.5. The molecule has 1 aliphatic heterocycles. The van der Waals surface area contributed by atoms with Gasteiger partial charge in [-0.3, -0.25) is 4.79 Å². The van der Waals surface area contributed by atoms with Crippen LogP contribution >= 0.6 is 0 Å². The first kappa shape index (κ1) is 26.6. The molecule has 1 fully saturated rings. The van der Waals surface area contributed by atoms with Gasteiger partial charge in [-0.2, -0.15) is 9.97 Å². The number of anilines is 3. The monoisotopic (exact) mass is 527 g/mol. The molecule has 1 saturated heterocycles. The second kappa shape index (κ2) is 11.0. The molecule has 0 bridgehead atoms. The van der Waals surface area contributed by atoms with Crippen molar-refractivity contribution in [3.8, 4) is 12.3 Å². The SMILES string of the molecule is C#CCNC(=O)c1cnc(Nc2ccc(N3CCN(C)CC3)c(C)c2)nc1[NH2+]c1ccc2c(n1)[C@@](C)(O)CC2. The van der Waals surface area contributed by atoms with Crippen LogP contribution < -0.4 is 20.9 Å². The topological polar surface area (TPSA) is 123 Å². The van der Waals surface area contributed by atoms with Gasteiger partial charge in [0.05, 0.1) is 18.4 Å². The largest absolute Gasteiger partial charge is 0.384 e. The van der Waals surface area contributed by atoms with Crippen molar-refractivity contribution in [2.45, 2.75) is 32.3 Å². The van der Waals surface area contributed by atoms with Crippen LogP contribution in [0.3, 0.4) is 0 Å². The van der Waals surface area contributed by atoms with Crippen molar-refractivity contribution in [1.82, 2.24) is 25.2 Å². The lowest BCUT2D eigenvalue weighted by atomic mass is 10.0. The number of aromatic nitrogens is 3. The number of quaternary nitrogens is 1. The van der Waals surface area contributed by atoms with E-state index in [1.54, 1.807) is 12.2 Å². The molecule has 0 radical (unpaired) electrons. The minimum absolute atomic E-state index is 0.0944. The van der Waals surface area contributed by atoms with E-state index in [0.717, 1.165) is 49.4 Å². The molecule has 2 aromatic heterocycles. The van der Waals surface area contributed by atoms with Crippen molar-refractivity contribution in [3.05, 3.63) is 58.9 Å². The van der Waals surface area contributed by atoms with Crippen molar-refractivity contribution in [2.75, 3.05) is 50.0 Å². The van der Waals surface area contributed by atoms with Crippen LogP contribution in [-0.4, -0.2) is 70.6 Å². The quantitative estimate of drug-likeness (QED) is 0.343. The van der Waals surface area contributed by atoms with E-state index in [1.807, 2.05) is 18.2 Å². The Morgan fingerprint density at radius 3 is 2.74 bits per heavy atom. The van der Waals surface area contributed by atoms with Crippen molar-refractivity contribution in [1.29, 1.82) is 0 Å². The highest BCUT2D eigenvalue weighted by atomic mass is 16.3. The smallest absolute Gasteiger partial charge is 0.261 e. The summed E-state index contributed by atoms with van der Waals surface area (Å²) in [6.07, 6.45) is 8.23. The Labute approximate surface area is 228 Å². The Kier molecular flexibility index (Phi) is 7.48. The van der Waals surface area contributed by atoms with Gasteiger partial charge >= 0.3 is 0 Å². The molecule has 39 heavy (non-hydrogen) atoms. The van der Waals surface area contributed by atoms with E-state index >= 15 is 0 Å². The fourth-order valence-corrected chi connectivity index (χ4v) is 5.12. The number of carbonyl (C=O) groups is 1. The summed E-state index contributed by atoms with van der Waals surface area (Å²) in [5.74, 6) is 3.40. The minimum Gasteiger partial charge on any atom is -0.384 e. The normalized spacial score (nSPS) is 18.9. The van der Waals surface area contributed by atoms with Crippen LogP contribution in [0.2, 0.25) is 0 Å². The summed E-state index contributed by atoms with van der Waals surface area (Å²) < 4.78 is 0. The molecule has 202 valence electrons. The molecule has 3 heterocycles. The molecule has 3 aromatic rings. The summed E-state index contributed by atoms with van der Waals surface area (Å²) in [7, 11) is 2.15. The molecule has 10 nitrogen and oxygen atoms in total. The summed E-state index contributed by atoms with van der Waals surface area (Å²) in [6, 6.07) is 10.1. The van der Waals surface area contributed by atoms with Crippen LogP contribution in [0, 0.1) is 19.3 Å². The number of terminal acetylenes is 1. The van der Waals surface area contributed by atoms with Gasteiger partial charge in [0.2, 0.25) is 17.6 Å². The predicted molar refractivity (Wildman–Crippen MR) is 151 cm³/mol. The fourth-order valence-electron chi connectivity index (χ4n) is 5.12. The molecule has 2 aliphatic rings. The maximum atomic E-state index is 12.8. The van der Waals surface area contributed by atoms with E-state index in [4.69, 9.17) is 6.42 Å². The number of nitrogens with one attached hydrogen (secondary N) is 2. The standard InChI is InChI=1S/C29H34N8O2/c1-5-12-30-27(38)22-18-31-28(32-21-7-8-23(19(2)17-21)37-15-13-36(4)14-16-37)35-26(22)34-24-9-6-20-10-11-29(3,39)25(20)33-24/h1,6-9,17-18,39H,10-16H2,2-4H3,(H,30,38)(H2,31,32,33,34,35)/p+1/t29-/m0/s1. The number of amides is 1. The van der Waals surface area contributed by atoms with E-state index in [2.05, 4.69) is 67.4 Å². The average Bonchev–Trinajstić information content (AvgIpc) is 3.22. The number of fused-ring (bicyclic) bond motifs is 1. The number of likely N-dealkylation sites (N-methyl/N-ethyl adjacent to an activating group) is 1. The highest BCUT2D eigenvalue weighted by molar-refractivity contribution is 5.97. The van der Waals surface area contributed by atoms with Gasteiger partial charge in [0.25, 0.3) is 5.91 Å². The van der Waals surface area contributed by atoms with Gasteiger partial charge in [0, 0.05) is 43.6 Å². The zero-order chi connectivity index (χ0) is 27.6. The molecular formula is C29H35N8O2+. The van der Waals surface area contributed by atoms with Crippen molar-refractivity contribution in [3.63, 3.8) is 0 Å². The second-order valence-corrected chi connectivity index (χ2v) is 10.5.